The van der Waals surface area contributed by atoms with Crippen LogP contribution in [0.1, 0.15) is 42.7 Å². The van der Waals surface area contributed by atoms with Gasteiger partial charge < -0.3 is 14.6 Å². The molecule has 0 saturated heterocycles. The molecule has 0 atom stereocenters. The largest absolute Gasteiger partial charge is 0.479 e. The summed E-state index contributed by atoms with van der Waals surface area (Å²) in [5.74, 6) is -1.48. The first-order valence-corrected chi connectivity index (χ1v) is 10.3. The third-order valence-electron chi connectivity index (χ3n) is 6.47. The Balaban J connectivity index is 1.41. The van der Waals surface area contributed by atoms with E-state index < -0.39 is 35.3 Å². The fourth-order valence-electron chi connectivity index (χ4n) is 5.54. The molecule has 7 nitrogen and oxygen atoms in total. The number of carbonyl (C=O) groups is 1. The van der Waals surface area contributed by atoms with E-state index in [9.17, 15) is 23.1 Å². The number of hydrogen-bond donors (Lipinski definition) is 1. The molecule has 11 heteroatoms. The summed E-state index contributed by atoms with van der Waals surface area (Å²) in [5, 5.41) is 17.2. The lowest BCUT2D eigenvalue weighted by Gasteiger charge is -2.59. The summed E-state index contributed by atoms with van der Waals surface area (Å²) in [5.41, 5.74) is -1.62. The molecule has 6 rings (SSSR count). The van der Waals surface area contributed by atoms with Crippen molar-refractivity contribution >= 4 is 22.4 Å². The Morgan fingerprint density at radius 2 is 1.72 bits per heavy atom. The zero-order valence-corrected chi connectivity index (χ0v) is 16.2. The fraction of sp³-hybridized carbons (Fsp3) is 0.667. The van der Waals surface area contributed by atoms with Crippen molar-refractivity contribution in [3.8, 4) is 0 Å². The number of aromatic nitrogens is 1. The maximum atomic E-state index is 12.9. The normalized spacial score (nSPS) is 36.2. The second-order valence-electron chi connectivity index (χ2n) is 8.27. The highest BCUT2D eigenvalue weighted by molar-refractivity contribution is 7.15. The van der Waals surface area contributed by atoms with Crippen LogP contribution in [-0.4, -0.2) is 21.8 Å². The number of alkyl halides is 3. The molecule has 0 unspecified atom stereocenters. The van der Waals surface area contributed by atoms with E-state index in [1.54, 1.807) is 0 Å². The van der Waals surface area contributed by atoms with Gasteiger partial charge in [0.05, 0.1) is 0 Å². The van der Waals surface area contributed by atoms with E-state index in [2.05, 4.69) is 15.2 Å². The van der Waals surface area contributed by atoms with E-state index in [1.165, 1.54) is 13.3 Å². The topological polar surface area (TPSA) is 93.4 Å². The van der Waals surface area contributed by atoms with Crippen molar-refractivity contribution in [3.05, 3.63) is 22.2 Å². The molecule has 156 valence electrons. The number of aryl methyl sites for hydroxylation is 1. The SMILES string of the molecule is Cc1sc(N=NC2=C(O)OC3(OC2=O)C2CC4CC(C2)CC3C4)nc1C(F)(F)F. The Kier molecular flexibility index (Phi) is 4.00. The Bertz CT molecular complexity index is 911. The van der Waals surface area contributed by atoms with Gasteiger partial charge in [-0.1, -0.05) is 11.3 Å². The minimum Gasteiger partial charge on any atom is -0.479 e. The highest BCUT2D eigenvalue weighted by atomic mass is 32.1. The summed E-state index contributed by atoms with van der Waals surface area (Å²) >= 11 is 0.684. The molecule has 4 fully saturated rings. The highest BCUT2D eigenvalue weighted by Crippen LogP contribution is 2.61. The van der Waals surface area contributed by atoms with Crippen molar-refractivity contribution < 1.29 is 32.5 Å². The molecule has 29 heavy (non-hydrogen) atoms. The first-order chi connectivity index (χ1) is 13.7. The Morgan fingerprint density at radius 3 is 2.24 bits per heavy atom. The van der Waals surface area contributed by atoms with Gasteiger partial charge in [0.15, 0.2) is 5.69 Å². The number of azo groups is 1. The van der Waals surface area contributed by atoms with Crippen molar-refractivity contribution in [3.63, 3.8) is 0 Å². The van der Waals surface area contributed by atoms with Gasteiger partial charge in [-0.25, -0.2) is 9.78 Å². The number of thiazole rings is 1. The van der Waals surface area contributed by atoms with Gasteiger partial charge in [-0.2, -0.15) is 13.2 Å². The summed E-state index contributed by atoms with van der Waals surface area (Å²) in [6.07, 6.45) is 0.165. The van der Waals surface area contributed by atoms with Gasteiger partial charge in [0.25, 0.3) is 11.5 Å². The number of halogens is 3. The van der Waals surface area contributed by atoms with Gasteiger partial charge in [0.2, 0.25) is 5.13 Å². The first-order valence-electron chi connectivity index (χ1n) is 9.47. The minimum absolute atomic E-state index is 0.0271. The van der Waals surface area contributed by atoms with Crippen LogP contribution in [0.2, 0.25) is 0 Å². The van der Waals surface area contributed by atoms with E-state index in [0.29, 0.717) is 23.2 Å². The molecule has 1 aliphatic heterocycles. The number of aliphatic hydroxyl groups is 1. The third kappa shape index (κ3) is 2.92. The third-order valence-corrected chi connectivity index (χ3v) is 7.32. The van der Waals surface area contributed by atoms with Gasteiger partial charge in [0, 0.05) is 16.7 Å². The Labute approximate surface area is 167 Å². The fourth-order valence-corrected chi connectivity index (χ4v) is 6.29. The van der Waals surface area contributed by atoms with E-state index in [1.807, 2.05) is 0 Å². The smallest absolute Gasteiger partial charge is 0.434 e. The maximum absolute atomic E-state index is 12.9. The summed E-state index contributed by atoms with van der Waals surface area (Å²) in [7, 11) is 0. The van der Waals surface area contributed by atoms with Crippen LogP contribution in [0.15, 0.2) is 21.9 Å². The number of hydrogen-bond acceptors (Lipinski definition) is 8. The van der Waals surface area contributed by atoms with Crippen molar-refractivity contribution in [2.45, 2.75) is 51.0 Å². The molecule has 5 aliphatic rings. The Hall–Kier alpha value is -2.17. The summed E-state index contributed by atoms with van der Waals surface area (Å²) < 4.78 is 50.0. The van der Waals surface area contributed by atoms with Gasteiger partial charge in [-0.05, 0) is 50.9 Å². The zero-order valence-electron chi connectivity index (χ0n) is 15.4. The molecule has 1 aromatic heterocycles. The Morgan fingerprint density at radius 1 is 1.10 bits per heavy atom. The number of rotatable bonds is 2. The average Bonchev–Trinajstić information content (AvgIpc) is 2.99. The molecule has 1 aromatic rings. The monoisotopic (exact) mass is 429 g/mol. The van der Waals surface area contributed by atoms with Crippen LogP contribution in [0.25, 0.3) is 0 Å². The lowest BCUT2D eigenvalue weighted by molar-refractivity contribution is -0.325. The van der Waals surface area contributed by atoms with E-state index in [-0.39, 0.29) is 21.8 Å². The second-order valence-corrected chi connectivity index (χ2v) is 9.45. The number of carbonyl (C=O) groups excluding carboxylic acids is 1. The summed E-state index contributed by atoms with van der Waals surface area (Å²) in [6.45, 7) is 1.27. The minimum atomic E-state index is -4.60. The van der Waals surface area contributed by atoms with E-state index in [4.69, 9.17) is 9.47 Å². The number of esters is 1. The van der Waals surface area contributed by atoms with E-state index in [0.717, 1.165) is 25.7 Å². The lowest BCUT2D eigenvalue weighted by atomic mass is 9.53. The molecule has 0 amide bonds. The van der Waals surface area contributed by atoms with Gasteiger partial charge in [-0.15, -0.1) is 10.2 Å². The summed E-state index contributed by atoms with van der Waals surface area (Å²) in [6, 6.07) is 0. The predicted octanol–water partition coefficient (Wildman–Crippen LogP) is 5.01. The maximum Gasteiger partial charge on any atom is 0.434 e. The molecule has 4 aliphatic carbocycles. The van der Waals surface area contributed by atoms with Gasteiger partial charge >= 0.3 is 18.1 Å². The molecule has 1 spiro atoms. The van der Waals surface area contributed by atoms with Crippen molar-refractivity contribution in [2.75, 3.05) is 0 Å². The highest BCUT2D eigenvalue weighted by Gasteiger charge is 2.64. The average molecular weight is 429 g/mol. The molecule has 4 saturated carbocycles. The van der Waals surface area contributed by atoms with Crippen LogP contribution in [-0.2, 0) is 20.4 Å². The number of aliphatic hydroxyl groups excluding tert-OH is 1. The van der Waals surface area contributed by atoms with Crippen LogP contribution in [0.4, 0.5) is 18.3 Å². The lowest BCUT2D eigenvalue weighted by Crippen LogP contribution is -2.62. The van der Waals surface area contributed by atoms with Crippen molar-refractivity contribution in [1.82, 2.24) is 4.98 Å². The second kappa shape index (κ2) is 6.16. The van der Waals surface area contributed by atoms with Crippen LogP contribution in [0.5, 0.6) is 0 Å². The van der Waals surface area contributed by atoms with Gasteiger partial charge in [0.1, 0.15) is 0 Å². The molecule has 0 radical (unpaired) electrons. The zero-order chi connectivity index (χ0) is 20.6. The van der Waals surface area contributed by atoms with E-state index >= 15 is 0 Å². The van der Waals surface area contributed by atoms with Crippen molar-refractivity contribution in [2.24, 2.45) is 33.9 Å². The molecule has 1 N–H and O–H groups in total. The number of ether oxygens (including phenoxy) is 2. The van der Waals surface area contributed by atoms with Crippen LogP contribution < -0.4 is 0 Å². The molecular weight excluding hydrogens is 411 g/mol. The molecule has 4 bridgehead atoms. The van der Waals surface area contributed by atoms with Crippen LogP contribution in [0.3, 0.4) is 0 Å². The quantitative estimate of drug-likeness (QED) is 0.527. The van der Waals surface area contributed by atoms with Crippen LogP contribution in [0, 0.1) is 30.6 Å². The van der Waals surface area contributed by atoms with Gasteiger partial charge in [-0.3, -0.25) is 0 Å². The molecule has 0 aromatic carbocycles. The predicted molar refractivity (Wildman–Crippen MR) is 93.0 cm³/mol. The van der Waals surface area contributed by atoms with Crippen molar-refractivity contribution in [1.29, 1.82) is 0 Å². The molecule has 2 heterocycles. The number of nitrogens with zero attached hydrogens (tertiary/aromatic N) is 3. The molecular formula is C18H18F3N3O4S. The van der Waals surface area contributed by atoms with Crippen LogP contribution >= 0.6 is 11.3 Å². The summed E-state index contributed by atoms with van der Waals surface area (Å²) in [4.78, 5) is 15.9. The first kappa shape index (κ1) is 18.8. The standard InChI is InChI=1S/C18H18F3N3O4S/c1-7-13(18(19,20)21)22-16(29-7)24-23-12-14(25)27-17(28-15(12)26)10-3-8-2-9(5-10)6-11(17)4-8/h8-11,25H,2-6H2,1H3.